The monoisotopic (exact) mass is 322 g/mol. The molecule has 0 spiro atoms. The van der Waals surface area contributed by atoms with Crippen molar-refractivity contribution in [2.24, 2.45) is 0 Å². The molecule has 0 aromatic heterocycles. The molecule has 0 atom stereocenters. The zero-order valence-corrected chi connectivity index (χ0v) is 13.2. The third kappa shape index (κ3) is 5.72. The molecule has 0 aliphatic rings. The van der Waals surface area contributed by atoms with Crippen molar-refractivity contribution < 1.29 is 19.2 Å². The predicted octanol–water partition coefficient (Wildman–Crippen LogP) is 2.99. The summed E-state index contributed by atoms with van der Waals surface area (Å²) in [7, 11) is 0. The van der Waals surface area contributed by atoms with Gasteiger partial charge in [0, 0.05) is 12.0 Å². The van der Waals surface area contributed by atoms with Crippen molar-refractivity contribution in [3.05, 3.63) is 71.8 Å². The number of carbonyl (C=O) groups is 4. The molecule has 0 amide bonds. The topological polar surface area (TPSA) is 68.3 Å². The van der Waals surface area contributed by atoms with Crippen molar-refractivity contribution >= 4 is 23.1 Å². The molecule has 0 saturated carbocycles. The van der Waals surface area contributed by atoms with Gasteiger partial charge in [-0.15, -0.1) is 0 Å². The molecule has 0 unspecified atom stereocenters. The van der Waals surface area contributed by atoms with Gasteiger partial charge in [0.1, 0.15) is 17.3 Å². The van der Waals surface area contributed by atoms with Crippen LogP contribution in [0.5, 0.6) is 0 Å². The Morgan fingerprint density at radius 3 is 1.71 bits per heavy atom. The smallest absolute Gasteiger partial charge is 0.170 e. The molecular formula is C20H18O4. The van der Waals surface area contributed by atoms with Gasteiger partial charge in [0.15, 0.2) is 5.78 Å². The van der Waals surface area contributed by atoms with Crippen molar-refractivity contribution in [1.29, 1.82) is 0 Å². The zero-order valence-electron chi connectivity index (χ0n) is 13.2. The highest BCUT2D eigenvalue weighted by Crippen LogP contribution is 2.07. The maximum absolute atomic E-state index is 11.9. The van der Waals surface area contributed by atoms with Gasteiger partial charge in [0.05, 0.1) is 19.3 Å². The number of hydrogen-bond acceptors (Lipinski definition) is 4. The van der Waals surface area contributed by atoms with E-state index in [0.717, 1.165) is 5.56 Å². The maximum Gasteiger partial charge on any atom is 0.170 e. The molecule has 2 aromatic rings. The number of Topliss-reactive ketones (excluding diaryl/α,β-unsaturated/α-hetero) is 4. The fraction of sp³-hybridized carbons (Fsp3) is 0.200. The van der Waals surface area contributed by atoms with Gasteiger partial charge < -0.3 is 0 Å². The van der Waals surface area contributed by atoms with E-state index in [-0.39, 0.29) is 37.2 Å². The van der Waals surface area contributed by atoms with Crippen LogP contribution in [0.25, 0.3) is 0 Å². The van der Waals surface area contributed by atoms with E-state index in [2.05, 4.69) is 0 Å². The summed E-state index contributed by atoms with van der Waals surface area (Å²) in [6, 6.07) is 17.6. The molecule has 0 N–H and O–H groups in total. The Kier molecular flexibility index (Phi) is 6.32. The summed E-state index contributed by atoms with van der Waals surface area (Å²) in [5.74, 6) is -1.44. The molecule has 0 fully saturated rings. The molecular weight excluding hydrogens is 304 g/mol. The Morgan fingerprint density at radius 2 is 1.08 bits per heavy atom. The summed E-state index contributed by atoms with van der Waals surface area (Å²) in [6.07, 6.45) is -0.800. The molecule has 24 heavy (non-hydrogen) atoms. The van der Waals surface area contributed by atoms with Crippen LogP contribution in [0.15, 0.2) is 60.7 Å². The normalized spacial score (nSPS) is 10.2. The first-order chi connectivity index (χ1) is 11.5. The number of carbonyl (C=O) groups excluding carboxylic acids is 4. The second kappa shape index (κ2) is 8.67. The average Bonchev–Trinajstić information content (AvgIpc) is 2.56. The number of ketones is 4. The van der Waals surface area contributed by atoms with Crippen LogP contribution in [0.1, 0.15) is 35.2 Å². The number of hydrogen-bond donors (Lipinski definition) is 0. The molecule has 0 aliphatic heterocycles. The fourth-order valence-corrected chi connectivity index (χ4v) is 2.36. The Bertz CT molecular complexity index is 733. The summed E-state index contributed by atoms with van der Waals surface area (Å²) in [6.45, 7) is 0. The highest BCUT2D eigenvalue weighted by Gasteiger charge is 2.17. The van der Waals surface area contributed by atoms with Crippen LogP contribution in [0.3, 0.4) is 0 Å². The third-order valence-corrected chi connectivity index (χ3v) is 3.49. The van der Waals surface area contributed by atoms with Gasteiger partial charge in [-0.1, -0.05) is 60.7 Å². The largest absolute Gasteiger partial charge is 0.299 e. The first-order valence-electron chi connectivity index (χ1n) is 7.72. The lowest BCUT2D eigenvalue weighted by atomic mass is 10.00. The summed E-state index contributed by atoms with van der Waals surface area (Å²) < 4.78 is 0. The zero-order chi connectivity index (χ0) is 17.4. The lowest BCUT2D eigenvalue weighted by molar-refractivity contribution is -0.129. The molecule has 0 heterocycles. The molecule has 0 aliphatic carbocycles. The van der Waals surface area contributed by atoms with Crippen LogP contribution >= 0.6 is 0 Å². The van der Waals surface area contributed by atoms with Gasteiger partial charge in [-0.3, -0.25) is 19.2 Å². The van der Waals surface area contributed by atoms with Crippen molar-refractivity contribution in [1.82, 2.24) is 0 Å². The molecule has 0 saturated heterocycles. The molecule has 122 valence electrons. The predicted molar refractivity (Wildman–Crippen MR) is 89.8 cm³/mol. The van der Waals surface area contributed by atoms with Crippen LogP contribution < -0.4 is 0 Å². The van der Waals surface area contributed by atoms with E-state index in [1.165, 1.54) is 0 Å². The van der Waals surface area contributed by atoms with Gasteiger partial charge in [0.25, 0.3) is 0 Å². The van der Waals surface area contributed by atoms with E-state index in [1.807, 2.05) is 30.3 Å². The van der Waals surface area contributed by atoms with E-state index in [9.17, 15) is 19.2 Å². The molecule has 2 aromatic carbocycles. The molecule has 0 radical (unpaired) electrons. The van der Waals surface area contributed by atoms with E-state index in [0.29, 0.717) is 5.56 Å². The second-order valence-electron chi connectivity index (χ2n) is 5.60. The van der Waals surface area contributed by atoms with Crippen LogP contribution in [0.4, 0.5) is 0 Å². The van der Waals surface area contributed by atoms with Gasteiger partial charge >= 0.3 is 0 Å². The van der Waals surface area contributed by atoms with E-state index < -0.39 is 11.6 Å². The van der Waals surface area contributed by atoms with E-state index in [1.54, 1.807) is 30.3 Å². The quantitative estimate of drug-likeness (QED) is 0.526. The number of benzene rings is 2. The van der Waals surface area contributed by atoms with E-state index >= 15 is 0 Å². The fourth-order valence-electron chi connectivity index (χ4n) is 2.36. The lowest BCUT2D eigenvalue weighted by Gasteiger charge is -2.02. The maximum atomic E-state index is 11.9. The first-order valence-corrected chi connectivity index (χ1v) is 7.72. The van der Waals surface area contributed by atoms with Gasteiger partial charge in [-0.05, 0) is 5.56 Å². The van der Waals surface area contributed by atoms with Crippen LogP contribution in [-0.2, 0) is 20.8 Å². The minimum Gasteiger partial charge on any atom is -0.299 e. The molecule has 4 heteroatoms. The Labute approximate surface area is 140 Å². The standard InChI is InChI=1S/C20H18O4/c21-17(11-15-7-3-1-4-8-15)12-18(22)13-19(23)14-20(24)16-9-5-2-6-10-16/h1-10H,11-14H2. The summed E-state index contributed by atoms with van der Waals surface area (Å²) in [4.78, 5) is 47.4. The second-order valence-corrected chi connectivity index (χ2v) is 5.60. The van der Waals surface area contributed by atoms with Crippen LogP contribution in [0, 0.1) is 0 Å². The first kappa shape index (κ1) is 17.5. The highest BCUT2D eigenvalue weighted by molar-refractivity contribution is 6.14. The minimum absolute atomic E-state index is 0.170. The van der Waals surface area contributed by atoms with Gasteiger partial charge in [0.2, 0.25) is 0 Å². The third-order valence-electron chi connectivity index (χ3n) is 3.49. The van der Waals surface area contributed by atoms with Crippen molar-refractivity contribution in [2.45, 2.75) is 25.7 Å². The minimum atomic E-state index is -0.457. The van der Waals surface area contributed by atoms with Crippen LogP contribution in [-0.4, -0.2) is 23.1 Å². The Morgan fingerprint density at radius 1 is 0.583 bits per heavy atom. The van der Waals surface area contributed by atoms with Crippen molar-refractivity contribution in [2.75, 3.05) is 0 Å². The Balaban J connectivity index is 1.78. The van der Waals surface area contributed by atoms with E-state index in [4.69, 9.17) is 0 Å². The summed E-state index contributed by atoms with van der Waals surface area (Å²) in [5, 5.41) is 0. The highest BCUT2D eigenvalue weighted by atomic mass is 16.2. The average molecular weight is 322 g/mol. The van der Waals surface area contributed by atoms with Gasteiger partial charge in [-0.25, -0.2) is 0 Å². The lowest BCUT2D eigenvalue weighted by Crippen LogP contribution is -2.16. The van der Waals surface area contributed by atoms with Gasteiger partial charge in [-0.2, -0.15) is 0 Å². The van der Waals surface area contributed by atoms with Crippen molar-refractivity contribution in [3.8, 4) is 0 Å². The SMILES string of the molecule is O=C(CC(=O)CC(=O)c1ccccc1)CC(=O)Cc1ccccc1. The summed E-state index contributed by atoms with van der Waals surface area (Å²) >= 11 is 0. The van der Waals surface area contributed by atoms with Crippen molar-refractivity contribution in [3.63, 3.8) is 0 Å². The molecule has 0 bridgehead atoms. The summed E-state index contributed by atoms with van der Waals surface area (Å²) in [5.41, 5.74) is 1.28. The Hall–Kier alpha value is -2.88. The molecule has 2 rings (SSSR count). The number of rotatable bonds is 9. The van der Waals surface area contributed by atoms with Crippen LogP contribution in [0.2, 0.25) is 0 Å². The molecule has 4 nitrogen and oxygen atoms in total.